The highest BCUT2D eigenvalue weighted by Crippen LogP contribution is 2.35. The summed E-state index contributed by atoms with van der Waals surface area (Å²) in [5.41, 5.74) is 1.37. The number of piperazine rings is 1. The molecule has 1 N–H and O–H groups in total. The van der Waals surface area contributed by atoms with E-state index in [1.54, 1.807) is 12.1 Å². The number of ether oxygens (including phenoxy) is 1. The summed E-state index contributed by atoms with van der Waals surface area (Å²) in [7, 11) is 1.53. The molecule has 1 amide bonds. The fourth-order valence-electron chi connectivity index (χ4n) is 3.50. The van der Waals surface area contributed by atoms with Crippen LogP contribution in [0.4, 0.5) is 15.3 Å². The maximum atomic E-state index is 13.4. The fourth-order valence-corrected chi connectivity index (χ4v) is 4.46. The van der Waals surface area contributed by atoms with Gasteiger partial charge in [-0.2, -0.15) is 4.52 Å². The van der Waals surface area contributed by atoms with Gasteiger partial charge in [-0.3, -0.25) is 4.79 Å². The van der Waals surface area contributed by atoms with E-state index in [0.29, 0.717) is 26.2 Å². The number of hydrogen-bond acceptors (Lipinski definition) is 7. The third kappa shape index (κ3) is 4.64. The van der Waals surface area contributed by atoms with Crippen LogP contribution < -0.4 is 10.2 Å². The minimum Gasteiger partial charge on any atom is -0.375 e. The Hall–Kier alpha value is -2.72. The first-order valence-corrected chi connectivity index (χ1v) is 11.0. The lowest BCUT2D eigenvalue weighted by Gasteiger charge is -2.34. The second-order valence-electron chi connectivity index (χ2n) is 8.57. The number of nitrogens with one attached hydrogen (secondary N) is 1. The predicted molar refractivity (Wildman–Crippen MR) is 120 cm³/mol. The van der Waals surface area contributed by atoms with Gasteiger partial charge in [0.1, 0.15) is 18.1 Å². The minimum absolute atomic E-state index is 0.0108. The van der Waals surface area contributed by atoms with Crippen LogP contribution in [0.5, 0.6) is 0 Å². The van der Waals surface area contributed by atoms with Gasteiger partial charge in [0.05, 0.1) is 0 Å². The van der Waals surface area contributed by atoms with E-state index in [0.717, 1.165) is 27.2 Å². The summed E-state index contributed by atoms with van der Waals surface area (Å²) in [4.78, 5) is 21.6. The topological polar surface area (TPSA) is 75.0 Å². The second kappa shape index (κ2) is 8.43. The molecule has 2 aromatic heterocycles. The van der Waals surface area contributed by atoms with Crippen molar-refractivity contribution in [3.05, 3.63) is 30.1 Å². The molecule has 0 unspecified atom stereocenters. The molecule has 0 saturated carbocycles. The standard InChI is InChI=1S/C21H27FN6O2S/c1-21(2,3)24-18-17(14-5-7-15(22)8-6-14)23-19-28(18)25-20(31-19)27-11-9-26(10-12-27)16(29)13-30-4/h5-8,24H,9-13H2,1-4H3. The van der Waals surface area contributed by atoms with E-state index < -0.39 is 0 Å². The van der Waals surface area contributed by atoms with E-state index in [9.17, 15) is 9.18 Å². The summed E-state index contributed by atoms with van der Waals surface area (Å²) in [6.07, 6.45) is 0. The number of carbonyl (C=O) groups is 1. The predicted octanol–water partition coefficient (Wildman–Crippen LogP) is 3.10. The summed E-state index contributed by atoms with van der Waals surface area (Å²) in [5, 5.41) is 9.19. The van der Waals surface area contributed by atoms with Crippen molar-refractivity contribution in [2.75, 3.05) is 50.1 Å². The lowest BCUT2D eigenvalue weighted by Crippen LogP contribution is -2.49. The molecule has 1 aliphatic rings. The molecule has 1 fully saturated rings. The molecule has 1 aliphatic heterocycles. The van der Waals surface area contributed by atoms with Crippen LogP contribution in [0.25, 0.3) is 16.2 Å². The molecule has 3 heterocycles. The molecule has 0 bridgehead atoms. The van der Waals surface area contributed by atoms with E-state index in [2.05, 4.69) is 31.0 Å². The first kappa shape index (κ1) is 21.5. The Balaban J connectivity index is 1.62. The van der Waals surface area contributed by atoms with Crippen LogP contribution in [-0.4, -0.2) is 70.8 Å². The van der Waals surface area contributed by atoms with Gasteiger partial charge < -0.3 is 19.9 Å². The Kier molecular flexibility index (Phi) is 5.85. The first-order valence-electron chi connectivity index (χ1n) is 10.2. The maximum absolute atomic E-state index is 13.4. The average Bonchev–Trinajstić information content (AvgIpc) is 3.27. The number of halogens is 1. The van der Waals surface area contributed by atoms with Crippen LogP contribution in [-0.2, 0) is 9.53 Å². The normalized spacial score (nSPS) is 15.0. The molecule has 0 aliphatic carbocycles. The van der Waals surface area contributed by atoms with Crippen molar-refractivity contribution in [1.29, 1.82) is 0 Å². The SMILES string of the molecule is COCC(=O)N1CCN(c2nn3c(NC(C)(C)C)c(-c4ccc(F)cc4)nc3s2)CC1. The molecular weight excluding hydrogens is 419 g/mol. The molecular formula is C21H27FN6O2S. The van der Waals surface area contributed by atoms with Gasteiger partial charge in [-0.1, -0.05) is 11.3 Å². The van der Waals surface area contributed by atoms with Gasteiger partial charge in [-0.05, 0) is 45.0 Å². The molecule has 31 heavy (non-hydrogen) atoms. The van der Waals surface area contributed by atoms with E-state index in [-0.39, 0.29) is 23.9 Å². The monoisotopic (exact) mass is 446 g/mol. The molecule has 4 rings (SSSR count). The van der Waals surface area contributed by atoms with E-state index >= 15 is 0 Å². The Morgan fingerprint density at radius 1 is 1.19 bits per heavy atom. The number of methoxy groups -OCH3 is 1. The zero-order valence-electron chi connectivity index (χ0n) is 18.2. The number of anilines is 2. The van der Waals surface area contributed by atoms with Crippen LogP contribution in [0.1, 0.15) is 20.8 Å². The lowest BCUT2D eigenvalue weighted by molar-refractivity contribution is -0.135. The molecule has 0 radical (unpaired) electrons. The molecule has 1 saturated heterocycles. The summed E-state index contributed by atoms with van der Waals surface area (Å²) in [6.45, 7) is 9.02. The number of fused-ring (bicyclic) bond motifs is 1. The Labute approximate surface area is 184 Å². The van der Waals surface area contributed by atoms with Crippen molar-refractivity contribution >= 4 is 33.2 Å². The van der Waals surface area contributed by atoms with E-state index in [1.807, 2.05) is 9.42 Å². The largest absolute Gasteiger partial charge is 0.375 e. The van der Waals surface area contributed by atoms with Gasteiger partial charge in [-0.15, -0.1) is 5.10 Å². The van der Waals surface area contributed by atoms with Crippen molar-refractivity contribution in [2.24, 2.45) is 0 Å². The number of hydrogen-bond donors (Lipinski definition) is 1. The lowest BCUT2D eigenvalue weighted by atomic mass is 10.1. The van der Waals surface area contributed by atoms with E-state index in [1.165, 1.54) is 30.6 Å². The number of carbonyl (C=O) groups excluding carboxylic acids is 1. The van der Waals surface area contributed by atoms with Crippen molar-refractivity contribution in [3.63, 3.8) is 0 Å². The molecule has 8 nitrogen and oxygen atoms in total. The van der Waals surface area contributed by atoms with Gasteiger partial charge in [-0.25, -0.2) is 9.37 Å². The van der Waals surface area contributed by atoms with Crippen molar-refractivity contribution < 1.29 is 13.9 Å². The third-order valence-electron chi connectivity index (χ3n) is 4.97. The zero-order chi connectivity index (χ0) is 22.2. The van der Waals surface area contributed by atoms with Gasteiger partial charge in [0.15, 0.2) is 5.82 Å². The van der Waals surface area contributed by atoms with Gasteiger partial charge in [0, 0.05) is 44.4 Å². The smallest absolute Gasteiger partial charge is 0.248 e. The Bertz CT molecular complexity index is 1060. The van der Waals surface area contributed by atoms with Crippen LogP contribution in [0.3, 0.4) is 0 Å². The fraction of sp³-hybridized carbons (Fsp3) is 0.476. The Morgan fingerprint density at radius 2 is 1.87 bits per heavy atom. The second-order valence-corrected chi connectivity index (χ2v) is 9.51. The minimum atomic E-state index is -0.279. The molecule has 0 spiro atoms. The molecule has 0 atom stereocenters. The average molecular weight is 447 g/mol. The zero-order valence-corrected chi connectivity index (χ0v) is 19.0. The van der Waals surface area contributed by atoms with Crippen LogP contribution in [0, 0.1) is 5.82 Å². The molecule has 10 heteroatoms. The van der Waals surface area contributed by atoms with Crippen molar-refractivity contribution in [1.82, 2.24) is 19.5 Å². The first-order chi connectivity index (χ1) is 14.7. The van der Waals surface area contributed by atoms with Crippen molar-refractivity contribution in [3.8, 4) is 11.3 Å². The number of aromatic nitrogens is 3. The number of rotatable bonds is 5. The Morgan fingerprint density at radius 3 is 2.48 bits per heavy atom. The quantitative estimate of drug-likeness (QED) is 0.649. The molecule has 1 aromatic carbocycles. The summed E-state index contributed by atoms with van der Waals surface area (Å²) < 4.78 is 20.2. The number of amides is 1. The summed E-state index contributed by atoms with van der Waals surface area (Å²) in [5.74, 6) is 0.515. The van der Waals surface area contributed by atoms with Gasteiger partial charge in [0.25, 0.3) is 0 Å². The number of nitrogens with zero attached hydrogens (tertiary/aromatic N) is 5. The third-order valence-corrected chi connectivity index (χ3v) is 5.94. The molecule has 166 valence electrons. The highest BCUT2D eigenvalue weighted by molar-refractivity contribution is 7.20. The van der Waals surface area contributed by atoms with Crippen molar-refractivity contribution in [2.45, 2.75) is 26.3 Å². The van der Waals surface area contributed by atoms with Gasteiger partial charge in [0.2, 0.25) is 16.0 Å². The highest BCUT2D eigenvalue weighted by Gasteiger charge is 2.26. The van der Waals surface area contributed by atoms with Crippen LogP contribution in [0.15, 0.2) is 24.3 Å². The van der Waals surface area contributed by atoms with Crippen LogP contribution >= 0.6 is 11.3 Å². The summed E-state index contributed by atoms with van der Waals surface area (Å²) >= 11 is 1.51. The summed E-state index contributed by atoms with van der Waals surface area (Å²) in [6, 6.07) is 6.33. The van der Waals surface area contributed by atoms with Crippen LogP contribution in [0.2, 0.25) is 0 Å². The maximum Gasteiger partial charge on any atom is 0.248 e. The van der Waals surface area contributed by atoms with Gasteiger partial charge >= 0.3 is 0 Å². The molecule has 3 aromatic rings. The number of benzene rings is 1. The van der Waals surface area contributed by atoms with E-state index in [4.69, 9.17) is 14.8 Å². The highest BCUT2D eigenvalue weighted by atomic mass is 32.1. The number of imidazole rings is 1.